The van der Waals surface area contributed by atoms with E-state index in [1.165, 1.54) is 4.90 Å². The van der Waals surface area contributed by atoms with Gasteiger partial charge in [0.2, 0.25) is 11.8 Å². The second kappa shape index (κ2) is 3.28. The van der Waals surface area contributed by atoms with E-state index < -0.39 is 0 Å². The van der Waals surface area contributed by atoms with Crippen molar-refractivity contribution in [2.75, 3.05) is 4.90 Å². The summed E-state index contributed by atoms with van der Waals surface area (Å²) in [5, 5.41) is 0. The van der Waals surface area contributed by atoms with E-state index in [0.29, 0.717) is 5.69 Å². The normalized spacial score (nSPS) is 36.6. The summed E-state index contributed by atoms with van der Waals surface area (Å²) in [5.74, 6) is 0.168. The fourth-order valence-electron chi connectivity index (χ4n) is 3.64. The van der Waals surface area contributed by atoms with E-state index in [4.69, 9.17) is 0 Å². The van der Waals surface area contributed by atoms with Crippen molar-refractivity contribution < 1.29 is 9.59 Å². The highest BCUT2D eigenvalue weighted by molar-refractivity contribution is 6.22. The largest absolute Gasteiger partial charge is 0.274 e. The quantitative estimate of drug-likeness (QED) is 0.550. The van der Waals surface area contributed by atoms with Crippen LogP contribution in [-0.4, -0.2) is 16.8 Å². The Morgan fingerprint density at radius 1 is 1.11 bits per heavy atom. The first-order valence-corrected chi connectivity index (χ1v) is 6.23. The van der Waals surface area contributed by atoms with Crippen LogP contribution in [0.3, 0.4) is 0 Å². The van der Waals surface area contributed by atoms with Gasteiger partial charge in [-0.25, -0.2) is 4.90 Å². The van der Waals surface area contributed by atoms with Gasteiger partial charge in [0.15, 0.2) is 0 Å². The van der Waals surface area contributed by atoms with E-state index in [9.17, 15) is 9.59 Å². The highest BCUT2D eigenvalue weighted by Gasteiger charge is 2.59. The summed E-state index contributed by atoms with van der Waals surface area (Å²) in [7, 11) is 0. The lowest BCUT2D eigenvalue weighted by atomic mass is 9.85. The molecule has 4 heteroatoms. The Morgan fingerprint density at radius 3 is 2.33 bits per heavy atom. The van der Waals surface area contributed by atoms with Gasteiger partial charge < -0.3 is 0 Å². The van der Waals surface area contributed by atoms with E-state index in [2.05, 4.69) is 17.1 Å². The van der Waals surface area contributed by atoms with E-state index >= 15 is 0 Å². The molecule has 1 saturated heterocycles. The smallest absolute Gasteiger partial charge is 0.238 e. The number of allylic oxidation sites excluding steroid dienone is 2. The molecule has 2 bridgehead atoms. The Kier molecular flexibility index (Phi) is 1.82. The van der Waals surface area contributed by atoms with Crippen LogP contribution >= 0.6 is 0 Å². The molecule has 3 aliphatic rings. The molecule has 4 rings (SSSR count). The van der Waals surface area contributed by atoms with Crippen LogP contribution in [-0.2, 0) is 9.59 Å². The number of carbonyl (C=O) groups is 2. The van der Waals surface area contributed by atoms with Gasteiger partial charge in [-0.2, -0.15) is 0 Å². The van der Waals surface area contributed by atoms with Gasteiger partial charge in [0.25, 0.3) is 0 Å². The lowest BCUT2D eigenvalue weighted by Gasteiger charge is -2.16. The van der Waals surface area contributed by atoms with Crippen LogP contribution in [0.5, 0.6) is 0 Å². The topological polar surface area (TPSA) is 50.3 Å². The van der Waals surface area contributed by atoms with Gasteiger partial charge in [-0.3, -0.25) is 14.6 Å². The summed E-state index contributed by atoms with van der Waals surface area (Å²) in [6.07, 6.45) is 8.38. The molecule has 18 heavy (non-hydrogen) atoms. The fraction of sp³-hybridized carbons (Fsp3) is 0.357. The van der Waals surface area contributed by atoms with Gasteiger partial charge in [0, 0.05) is 6.20 Å². The Bertz CT molecular complexity index is 536. The molecular weight excluding hydrogens is 228 g/mol. The van der Waals surface area contributed by atoms with Crippen molar-refractivity contribution in [1.29, 1.82) is 0 Å². The van der Waals surface area contributed by atoms with E-state index in [1.807, 2.05) is 0 Å². The highest BCUT2D eigenvalue weighted by Crippen LogP contribution is 2.53. The van der Waals surface area contributed by atoms with Crippen molar-refractivity contribution in [2.24, 2.45) is 23.7 Å². The van der Waals surface area contributed by atoms with Crippen molar-refractivity contribution >= 4 is 17.5 Å². The molecule has 1 aromatic rings. The number of carbonyl (C=O) groups excluding carboxylic acids is 2. The number of amides is 2. The maximum absolute atomic E-state index is 12.4. The molecule has 0 aromatic carbocycles. The zero-order valence-corrected chi connectivity index (χ0v) is 9.69. The second-order valence-electron chi connectivity index (χ2n) is 5.22. The van der Waals surface area contributed by atoms with E-state index in [-0.39, 0.29) is 35.5 Å². The number of imide groups is 1. The minimum atomic E-state index is -0.132. The Morgan fingerprint density at radius 2 is 1.78 bits per heavy atom. The Labute approximate surface area is 104 Å². The summed E-state index contributed by atoms with van der Waals surface area (Å²) in [6.45, 7) is 0. The lowest BCUT2D eigenvalue weighted by molar-refractivity contribution is -0.123. The van der Waals surface area contributed by atoms with Crippen molar-refractivity contribution in [3.63, 3.8) is 0 Å². The van der Waals surface area contributed by atoms with Gasteiger partial charge in [-0.05, 0) is 30.4 Å². The molecule has 2 aliphatic carbocycles. The van der Waals surface area contributed by atoms with Crippen LogP contribution in [0.15, 0.2) is 36.7 Å². The molecule has 2 fully saturated rings. The summed E-state index contributed by atoms with van der Waals surface area (Å²) >= 11 is 0. The van der Waals surface area contributed by atoms with Gasteiger partial charge in [0.05, 0.1) is 23.7 Å². The van der Waals surface area contributed by atoms with Gasteiger partial charge in [0.1, 0.15) is 0 Å². The predicted octanol–water partition coefficient (Wildman–Crippen LogP) is 1.39. The lowest BCUT2D eigenvalue weighted by Crippen LogP contribution is -2.32. The molecule has 1 saturated carbocycles. The predicted molar refractivity (Wildman–Crippen MR) is 64.4 cm³/mol. The van der Waals surface area contributed by atoms with Crippen LogP contribution in [0, 0.1) is 23.7 Å². The first kappa shape index (κ1) is 10.00. The molecule has 0 unspecified atom stereocenters. The Hall–Kier alpha value is -1.97. The number of aromatic nitrogens is 1. The SMILES string of the molecule is O=C1[C@@H]2[C@H](C(=O)N1c1cccnc1)[C@H]1C=C[C@@H]2C1. The van der Waals surface area contributed by atoms with Crippen molar-refractivity contribution in [3.8, 4) is 0 Å². The second-order valence-corrected chi connectivity index (χ2v) is 5.22. The molecule has 1 aliphatic heterocycles. The van der Waals surface area contributed by atoms with Crippen molar-refractivity contribution in [2.45, 2.75) is 6.42 Å². The molecular formula is C14H12N2O2. The van der Waals surface area contributed by atoms with Crippen molar-refractivity contribution in [1.82, 2.24) is 4.98 Å². The molecule has 2 heterocycles. The fourth-order valence-corrected chi connectivity index (χ4v) is 3.64. The average molecular weight is 240 g/mol. The maximum atomic E-state index is 12.4. The summed E-state index contributed by atoms with van der Waals surface area (Å²) in [5.41, 5.74) is 0.598. The van der Waals surface area contributed by atoms with Crippen LogP contribution in [0.4, 0.5) is 5.69 Å². The number of fused-ring (bicyclic) bond motifs is 5. The third-order valence-corrected chi connectivity index (χ3v) is 4.37. The third-order valence-electron chi connectivity index (χ3n) is 4.37. The summed E-state index contributed by atoms with van der Waals surface area (Å²) in [4.78, 5) is 30.2. The number of pyridine rings is 1. The summed E-state index contributed by atoms with van der Waals surface area (Å²) in [6, 6.07) is 3.51. The molecule has 1 aromatic heterocycles. The molecule has 4 atom stereocenters. The molecule has 0 N–H and O–H groups in total. The molecule has 0 spiro atoms. The van der Waals surface area contributed by atoms with Crippen LogP contribution in [0.25, 0.3) is 0 Å². The maximum Gasteiger partial charge on any atom is 0.238 e. The first-order valence-electron chi connectivity index (χ1n) is 6.23. The zero-order valence-electron chi connectivity index (χ0n) is 9.69. The van der Waals surface area contributed by atoms with E-state index in [1.54, 1.807) is 24.5 Å². The van der Waals surface area contributed by atoms with Gasteiger partial charge in [-0.15, -0.1) is 0 Å². The standard InChI is InChI=1S/C14H12N2O2/c17-13-11-8-3-4-9(6-8)12(11)14(18)16(13)10-2-1-5-15-7-10/h1-5,7-9,11-12H,6H2/t8-,9+,11+,12-. The summed E-state index contributed by atoms with van der Waals surface area (Å²) < 4.78 is 0. The first-order chi connectivity index (χ1) is 8.77. The third kappa shape index (κ3) is 1.08. The number of hydrogen-bond acceptors (Lipinski definition) is 3. The van der Waals surface area contributed by atoms with Crippen LogP contribution < -0.4 is 4.90 Å². The average Bonchev–Trinajstić information content (AvgIpc) is 3.05. The number of hydrogen-bond donors (Lipinski definition) is 0. The monoisotopic (exact) mass is 240 g/mol. The van der Waals surface area contributed by atoms with E-state index in [0.717, 1.165) is 6.42 Å². The molecule has 90 valence electrons. The van der Waals surface area contributed by atoms with Crippen LogP contribution in [0.2, 0.25) is 0 Å². The minimum Gasteiger partial charge on any atom is -0.274 e. The Balaban J connectivity index is 1.77. The number of nitrogens with zero attached hydrogens (tertiary/aromatic N) is 2. The van der Waals surface area contributed by atoms with Gasteiger partial charge in [-0.1, -0.05) is 12.2 Å². The van der Waals surface area contributed by atoms with Crippen LogP contribution in [0.1, 0.15) is 6.42 Å². The number of anilines is 1. The zero-order chi connectivity index (χ0) is 12.3. The molecule has 2 amide bonds. The molecule has 4 nitrogen and oxygen atoms in total. The molecule has 0 radical (unpaired) electrons. The van der Waals surface area contributed by atoms with Crippen molar-refractivity contribution in [3.05, 3.63) is 36.7 Å². The highest BCUT2D eigenvalue weighted by atomic mass is 16.2. The number of rotatable bonds is 1. The minimum absolute atomic E-state index is 0.0464. The van der Waals surface area contributed by atoms with Gasteiger partial charge >= 0.3 is 0 Å².